The normalized spacial score (nSPS) is 12.8. The summed E-state index contributed by atoms with van der Waals surface area (Å²) in [6.45, 7) is 1.59. The van der Waals surface area contributed by atoms with Crippen LogP contribution < -0.4 is 11.1 Å². The van der Waals surface area contributed by atoms with Gasteiger partial charge in [-0.1, -0.05) is 11.6 Å². The number of nitrogens with one attached hydrogen (secondary N) is 1. The van der Waals surface area contributed by atoms with Gasteiger partial charge in [-0.2, -0.15) is 13.2 Å². The second kappa shape index (κ2) is 7.33. The molecule has 2 aromatic rings. The molecule has 11 heteroatoms. The smallest absolute Gasteiger partial charge is 0.349 e. The molecule has 1 amide bonds. The van der Waals surface area contributed by atoms with Crippen LogP contribution in [0, 0.1) is 0 Å². The fraction of sp³-hybridized carbons (Fsp3) is 0.417. The number of nitrogens with two attached hydrogens (primary N) is 1. The summed E-state index contributed by atoms with van der Waals surface area (Å²) >= 11 is 5.79. The van der Waals surface area contributed by atoms with E-state index < -0.39 is 11.7 Å². The number of amides is 1. The number of hydrogen-bond donors (Lipinski definition) is 2. The zero-order chi connectivity index (χ0) is 16.5. The average Bonchev–Trinajstić information content (AvgIpc) is 2.78. The highest BCUT2D eigenvalue weighted by molar-refractivity contribution is 6.33. The van der Waals surface area contributed by atoms with Crippen LogP contribution in [0.2, 0.25) is 5.02 Å². The minimum atomic E-state index is -4.54. The van der Waals surface area contributed by atoms with Crippen molar-refractivity contribution in [3.8, 4) is 0 Å². The quantitative estimate of drug-likeness (QED) is 0.862. The molecule has 0 radical (unpaired) electrons. The van der Waals surface area contributed by atoms with Gasteiger partial charge in [0.15, 0.2) is 11.5 Å². The number of carbonyl (C=O) groups is 1. The Balaban J connectivity index is 0.00000264. The van der Waals surface area contributed by atoms with Gasteiger partial charge >= 0.3 is 6.18 Å². The van der Waals surface area contributed by atoms with Crippen LogP contribution in [0.5, 0.6) is 0 Å². The van der Waals surface area contributed by atoms with Gasteiger partial charge in [0.25, 0.3) is 0 Å². The third-order valence-corrected chi connectivity index (χ3v) is 3.09. The van der Waals surface area contributed by atoms with Gasteiger partial charge in [0.1, 0.15) is 0 Å². The van der Waals surface area contributed by atoms with Crippen molar-refractivity contribution in [1.82, 2.24) is 19.9 Å². The Labute approximate surface area is 140 Å². The molecule has 2 aromatic heterocycles. The average molecular weight is 372 g/mol. The van der Waals surface area contributed by atoms with Gasteiger partial charge in [0.05, 0.1) is 17.1 Å². The molecule has 2 rings (SSSR count). The summed E-state index contributed by atoms with van der Waals surface area (Å²) < 4.78 is 39.5. The number of carbonyl (C=O) groups excluding carboxylic acids is 1. The monoisotopic (exact) mass is 371 g/mol. The first kappa shape index (κ1) is 19.5. The van der Waals surface area contributed by atoms with E-state index in [1.54, 1.807) is 6.92 Å². The van der Waals surface area contributed by atoms with Crippen molar-refractivity contribution >= 4 is 35.6 Å². The molecule has 1 unspecified atom stereocenters. The van der Waals surface area contributed by atoms with Crippen molar-refractivity contribution in [2.75, 3.05) is 0 Å². The van der Waals surface area contributed by atoms with Gasteiger partial charge in [-0.25, -0.2) is 0 Å². The SMILES string of the molecule is CC(N)CC(=O)NCc1nnc2c(Cl)cc(C(F)(F)F)cn12.Cl. The van der Waals surface area contributed by atoms with Crippen LogP contribution in [-0.2, 0) is 17.5 Å². The Bertz CT molecular complexity index is 702. The highest BCUT2D eigenvalue weighted by Crippen LogP contribution is 2.32. The Kier molecular flexibility index (Phi) is 6.20. The Morgan fingerprint density at radius 3 is 2.70 bits per heavy atom. The second-order valence-electron chi connectivity index (χ2n) is 4.84. The molecule has 0 saturated carbocycles. The number of rotatable bonds is 4. The van der Waals surface area contributed by atoms with Gasteiger partial charge in [0, 0.05) is 18.7 Å². The lowest BCUT2D eigenvalue weighted by Crippen LogP contribution is -2.30. The molecule has 0 aliphatic heterocycles. The summed E-state index contributed by atoms with van der Waals surface area (Å²) in [7, 11) is 0. The highest BCUT2D eigenvalue weighted by atomic mass is 35.5. The molecule has 1 atom stereocenters. The van der Waals surface area contributed by atoms with E-state index in [2.05, 4.69) is 15.5 Å². The Morgan fingerprint density at radius 2 is 2.13 bits per heavy atom. The second-order valence-corrected chi connectivity index (χ2v) is 5.25. The predicted octanol–water partition coefficient (Wildman–Crippen LogP) is 2.18. The number of fused-ring (bicyclic) bond motifs is 1. The molecular weight excluding hydrogens is 358 g/mol. The summed E-state index contributed by atoms with van der Waals surface area (Å²) in [5, 5.41) is 9.81. The summed E-state index contributed by atoms with van der Waals surface area (Å²) in [6, 6.07) is 0.464. The van der Waals surface area contributed by atoms with Crippen LogP contribution in [0.3, 0.4) is 0 Å². The summed E-state index contributed by atoms with van der Waals surface area (Å²) in [4.78, 5) is 11.5. The van der Waals surface area contributed by atoms with Crippen LogP contribution >= 0.6 is 24.0 Å². The fourth-order valence-electron chi connectivity index (χ4n) is 1.82. The molecule has 0 aromatic carbocycles. The first-order valence-electron chi connectivity index (χ1n) is 6.31. The fourth-order valence-corrected chi connectivity index (χ4v) is 2.06. The molecule has 0 aliphatic carbocycles. The van der Waals surface area contributed by atoms with Crippen LogP contribution in [0.15, 0.2) is 12.3 Å². The van der Waals surface area contributed by atoms with E-state index in [9.17, 15) is 18.0 Å². The number of alkyl halides is 3. The van der Waals surface area contributed by atoms with E-state index in [4.69, 9.17) is 17.3 Å². The third-order valence-electron chi connectivity index (χ3n) is 2.81. The third kappa shape index (κ3) is 4.69. The molecule has 0 bridgehead atoms. The van der Waals surface area contributed by atoms with Crippen molar-refractivity contribution in [2.24, 2.45) is 5.73 Å². The number of aromatic nitrogens is 3. The largest absolute Gasteiger partial charge is 0.417 e. The summed E-state index contributed by atoms with van der Waals surface area (Å²) in [6.07, 6.45) is -3.60. The van der Waals surface area contributed by atoms with Crippen LogP contribution in [0.25, 0.3) is 5.65 Å². The standard InChI is InChI=1S/C12H13ClF3N5O.ClH/c1-6(17)2-10(22)18-4-9-19-20-11-8(13)3-7(5-21(9)11)12(14,15)16;/h3,5-6H,2,4,17H2,1H3,(H,18,22);1H. The molecule has 3 N–H and O–H groups in total. The number of hydrogen-bond acceptors (Lipinski definition) is 4. The van der Waals surface area contributed by atoms with E-state index in [-0.39, 0.29) is 53.8 Å². The molecule has 0 aliphatic rings. The zero-order valence-corrected chi connectivity index (χ0v) is 13.5. The summed E-state index contributed by atoms with van der Waals surface area (Å²) in [5.41, 5.74) is 4.65. The van der Waals surface area contributed by atoms with Crippen molar-refractivity contribution in [2.45, 2.75) is 32.1 Å². The van der Waals surface area contributed by atoms with E-state index in [1.165, 1.54) is 0 Å². The Morgan fingerprint density at radius 1 is 1.48 bits per heavy atom. The zero-order valence-electron chi connectivity index (χ0n) is 11.9. The molecule has 6 nitrogen and oxygen atoms in total. The molecule has 128 valence electrons. The van der Waals surface area contributed by atoms with Gasteiger partial charge < -0.3 is 11.1 Å². The van der Waals surface area contributed by atoms with Gasteiger partial charge in [-0.15, -0.1) is 22.6 Å². The Hall–Kier alpha value is -1.58. The lowest BCUT2D eigenvalue weighted by molar-refractivity contribution is -0.137. The van der Waals surface area contributed by atoms with Crippen LogP contribution in [0.4, 0.5) is 13.2 Å². The molecule has 23 heavy (non-hydrogen) atoms. The first-order valence-corrected chi connectivity index (χ1v) is 6.69. The highest BCUT2D eigenvalue weighted by Gasteiger charge is 2.32. The molecule has 0 saturated heterocycles. The number of halogens is 5. The number of pyridine rings is 1. The lowest BCUT2D eigenvalue weighted by atomic mass is 10.2. The summed E-state index contributed by atoms with van der Waals surface area (Å²) in [5.74, 6) is -0.189. The molecule has 2 heterocycles. The van der Waals surface area contributed by atoms with E-state index >= 15 is 0 Å². The predicted molar refractivity (Wildman–Crippen MR) is 80.4 cm³/mol. The van der Waals surface area contributed by atoms with Crippen molar-refractivity contribution in [3.05, 3.63) is 28.7 Å². The van der Waals surface area contributed by atoms with Crippen LogP contribution in [-0.4, -0.2) is 26.5 Å². The van der Waals surface area contributed by atoms with Crippen LogP contribution in [0.1, 0.15) is 24.7 Å². The minimum Gasteiger partial charge on any atom is -0.349 e. The maximum absolute atomic E-state index is 12.8. The van der Waals surface area contributed by atoms with E-state index in [0.29, 0.717) is 0 Å². The van der Waals surface area contributed by atoms with Crippen molar-refractivity contribution < 1.29 is 18.0 Å². The lowest BCUT2D eigenvalue weighted by Gasteiger charge is -2.09. The van der Waals surface area contributed by atoms with Gasteiger partial charge in [0.2, 0.25) is 5.91 Å². The molecule has 0 fully saturated rings. The molecule has 0 spiro atoms. The minimum absolute atomic E-state index is 0. The van der Waals surface area contributed by atoms with E-state index in [0.717, 1.165) is 16.7 Å². The maximum Gasteiger partial charge on any atom is 0.417 e. The van der Waals surface area contributed by atoms with Gasteiger partial charge in [-0.05, 0) is 13.0 Å². The van der Waals surface area contributed by atoms with Crippen molar-refractivity contribution in [3.63, 3.8) is 0 Å². The van der Waals surface area contributed by atoms with Gasteiger partial charge in [-0.3, -0.25) is 9.20 Å². The van der Waals surface area contributed by atoms with E-state index in [1.807, 2.05) is 0 Å². The number of nitrogens with zero attached hydrogens (tertiary/aromatic N) is 3. The molecular formula is C12H14Cl2F3N5O. The topological polar surface area (TPSA) is 85.3 Å². The maximum atomic E-state index is 12.8. The first-order chi connectivity index (χ1) is 10.2. The van der Waals surface area contributed by atoms with Crippen molar-refractivity contribution in [1.29, 1.82) is 0 Å².